The van der Waals surface area contributed by atoms with Crippen molar-refractivity contribution in [3.63, 3.8) is 0 Å². The molecule has 0 atom stereocenters. The van der Waals surface area contributed by atoms with Crippen molar-refractivity contribution in [1.29, 1.82) is 0 Å². The van der Waals surface area contributed by atoms with Gasteiger partial charge in [0.1, 0.15) is 4.60 Å². The van der Waals surface area contributed by atoms with Crippen LogP contribution in [-0.2, 0) is 0 Å². The predicted molar refractivity (Wildman–Crippen MR) is 65.1 cm³/mol. The maximum atomic E-state index is 4.37. The zero-order chi connectivity index (χ0) is 9.97. The standard InChI is InChI=1S/C11H7Br2N/c12-9-6-4-8(5-7-9)10-2-1-3-11(13)14-10/h1-7H. The molecule has 0 amide bonds. The Hall–Kier alpha value is -0.670. The molecule has 0 saturated carbocycles. The number of pyridine rings is 1. The molecule has 0 aliphatic heterocycles. The van der Waals surface area contributed by atoms with Crippen LogP contribution in [-0.4, -0.2) is 4.98 Å². The van der Waals surface area contributed by atoms with Gasteiger partial charge in [-0.3, -0.25) is 0 Å². The summed E-state index contributed by atoms with van der Waals surface area (Å²) in [6.45, 7) is 0. The summed E-state index contributed by atoms with van der Waals surface area (Å²) in [5.74, 6) is 0. The van der Waals surface area contributed by atoms with Crippen LogP contribution < -0.4 is 0 Å². The minimum Gasteiger partial charge on any atom is -0.241 e. The van der Waals surface area contributed by atoms with E-state index in [9.17, 15) is 0 Å². The van der Waals surface area contributed by atoms with Crippen molar-refractivity contribution in [2.45, 2.75) is 0 Å². The minimum atomic E-state index is 0.859. The SMILES string of the molecule is Brc1ccc(-c2cccc(Br)n2)cc1. The van der Waals surface area contributed by atoms with Gasteiger partial charge in [0.25, 0.3) is 0 Å². The second-order valence-corrected chi connectivity index (χ2v) is 4.58. The van der Waals surface area contributed by atoms with Gasteiger partial charge in [-0.2, -0.15) is 0 Å². The third-order valence-corrected chi connectivity index (χ3v) is 2.83. The first-order chi connectivity index (χ1) is 6.75. The number of benzene rings is 1. The maximum Gasteiger partial charge on any atom is 0.106 e. The summed E-state index contributed by atoms with van der Waals surface area (Å²) in [5, 5.41) is 0. The van der Waals surface area contributed by atoms with Crippen LogP contribution in [0.4, 0.5) is 0 Å². The molecule has 2 aromatic rings. The Morgan fingerprint density at radius 2 is 1.57 bits per heavy atom. The Morgan fingerprint density at radius 1 is 0.857 bits per heavy atom. The number of halogens is 2. The van der Waals surface area contributed by atoms with Crippen LogP contribution in [0.15, 0.2) is 51.5 Å². The molecule has 0 saturated heterocycles. The molecule has 1 aromatic carbocycles. The molecule has 0 N–H and O–H groups in total. The maximum absolute atomic E-state index is 4.37. The molecule has 70 valence electrons. The summed E-state index contributed by atoms with van der Waals surface area (Å²) in [7, 11) is 0. The van der Waals surface area contributed by atoms with Crippen LogP contribution in [0.5, 0.6) is 0 Å². The molecule has 0 fully saturated rings. The predicted octanol–water partition coefficient (Wildman–Crippen LogP) is 4.27. The van der Waals surface area contributed by atoms with E-state index < -0.39 is 0 Å². The van der Waals surface area contributed by atoms with Gasteiger partial charge >= 0.3 is 0 Å². The molecule has 1 aromatic heterocycles. The Morgan fingerprint density at radius 3 is 2.21 bits per heavy atom. The van der Waals surface area contributed by atoms with Gasteiger partial charge in [0.2, 0.25) is 0 Å². The van der Waals surface area contributed by atoms with Crippen LogP contribution in [0.1, 0.15) is 0 Å². The van der Waals surface area contributed by atoms with Crippen LogP contribution in [0.25, 0.3) is 11.3 Å². The van der Waals surface area contributed by atoms with Crippen LogP contribution in [0.2, 0.25) is 0 Å². The Bertz CT molecular complexity index is 437. The van der Waals surface area contributed by atoms with Gasteiger partial charge in [0.15, 0.2) is 0 Å². The fourth-order valence-corrected chi connectivity index (χ4v) is 1.80. The van der Waals surface area contributed by atoms with Gasteiger partial charge < -0.3 is 0 Å². The van der Waals surface area contributed by atoms with E-state index in [4.69, 9.17) is 0 Å². The van der Waals surface area contributed by atoms with Gasteiger partial charge in [0.05, 0.1) is 5.69 Å². The molecule has 0 bridgehead atoms. The molecule has 3 heteroatoms. The Kier molecular flexibility index (Phi) is 2.99. The molecular formula is C11H7Br2N. The quantitative estimate of drug-likeness (QED) is 0.716. The van der Waals surface area contributed by atoms with Crippen LogP contribution in [0, 0.1) is 0 Å². The van der Waals surface area contributed by atoms with E-state index in [2.05, 4.69) is 36.8 Å². The summed E-state index contributed by atoms with van der Waals surface area (Å²) in [4.78, 5) is 4.37. The Balaban J connectivity index is 2.44. The lowest BCUT2D eigenvalue weighted by Gasteiger charge is -2.00. The Labute approximate surface area is 99.4 Å². The number of hydrogen-bond donors (Lipinski definition) is 0. The van der Waals surface area contributed by atoms with E-state index in [-0.39, 0.29) is 0 Å². The van der Waals surface area contributed by atoms with Crippen molar-refractivity contribution in [2.75, 3.05) is 0 Å². The molecular weight excluding hydrogens is 306 g/mol. The normalized spacial score (nSPS) is 10.1. The van der Waals surface area contributed by atoms with E-state index in [0.29, 0.717) is 0 Å². The van der Waals surface area contributed by atoms with Crippen molar-refractivity contribution >= 4 is 31.9 Å². The second-order valence-electron chi connectivity index (χ2n) is 2.85. The largest absolute Gasteiger partial charge is 0.241 e. The molecule has 0 spiro atoms. The molecule has 14 heavy (non-hydrogen) atoms. The first-order valence-electron chi connectivity index (χ1n) is 4.14. The lowest BCUT2D eigenvalue weighted by atomic mass is 10.1. The van der Waals surface area contributed by atoms with Gasteiger partial charge in [-0.05, 0) is 40.2 Å². The number of rotatable bonds is 1. The number of nitrogens with zero attached hydrogens (tertiary/aromatic N) is 1. The number of aromatic nitrogens is 1. The molecule has 0 aliphatic carbocycles. The monoisotopic (exact) mass is 311 g/mol. The zero-order valence-corrected chi connectivity index (χ0v) is 10.4. The average Bonchev–Trinajstić information content (AvgIpc) is 2.19. The topological polar surface area (TPSA) is 12.9 Å². The van der Waals surface area contributed by atoms with Gasteiger partial charge in [-0.1, -0.05) is 34.1 Å². The summed E-state index contributed by atoms with van der Waals surface area (Å²) in [5.41, 5.74) is 2.10. The lowest BCUT2D eigenvalue weighted by Crippen LogP contribution is -1.82. The van der Waals surface area contributed by atoms with Crippen molar-refractivity contribution in [3.8, 4) is 11.3 Å². The molecule has 2 rings (SSSR count). The molecule has 0 unspecified atom stereocenters. The van der Waals surface area contributed by atoms with Crippen molar-refractivity contribution in [3.05, 3.63) is 51.5 Å². The third-order valence-electron chi connectivity index (χ3n) is 1.86. The summed E-state index contributed by atoms with van der Waals surface area (Å²) < 4.78 is 1.94. The van der Waals surface area contributed by atoms with E-state index in [1.807, 2.05) is 42.5 Å². The smallest absolute Gasteiger partial charge is 0.106 e. The van der Waals surface area contributed by atoms with Crippen molar-refractivity contribution in [2.24, 2.45) is 0 Å². The fraction of sp³-hybridized carbons (Fsp3) is 0. The highest BCUT2D eigenvalue weighted by Crippen LogP contribution is 2.21. The average molecular weight is 313 g/mol. The van der Waals surface area contributed by atoms with Crippen molar-refractivity contribution in [1.82, 2.24) is 4.98 Å². The van der Waals surface area contributed by atoms with Gasteiger partial charge in [-0.25, -0.2) is 4.98 Å². The highest BCUT2D eigenvalue weighted by Gasteiger charge is 1.98. The second kappa shape index (κ2) is 4.24. The van der Waals surface area contributed by atoms with E-state index in [0.717, 1.165) is 20.3 Å². The summed E-state index contributed by atoms with van der Waals surface area (Å²) >= 11 is 6.76. The van der Waals surface area contributed by atoms with Gasteiger partial charge in [0, 0.05) is 10.0 Å². The first-order valence-corrected chi connectivity index (χ1v) is 5.73. The number of hydrogen-bond acceptors (Lipinski definition) is 1. The van der Waals surface area contributed by atoms with Crippen LogP contribution >= 0.6 is 31.9 Å². The molecule has 0 radical (unpaired) electrons. The van der Waals surface area contributed by atoms with E-state index in [1.54, 1.807) is 0 Å². The van der Waals surface area contributed by atoms with Crippen molar-refractivity contribution < 1.29 is 0 Å². The third kappa shape index (κ3) is 2.22. The van der Waals surface area contributed by atoms with E-state index in [1.165, 1.54) is 0 Å². The van der Waals surface area contributed by atoms with Crippen LogP contribution in [0.3, 0.4) is 0 Å². The first kappa shape index (κ1) is 9.87. The summed E-state index contributed by atoms with van der Waals surface area (Å²) in [6.07, 6.45) is 0. The van der Waals surface area contributed by atoms with Gasteiger partial charge in [-0.15, -0.1) is 0 Å². The molecule has 1 nitrogen and oxygen atoms in total. The lowest BCUT2D eigenvalue weighted by molar-refractivity contribution is 1.28. The zero-order valence-electron chi connectivity index (χ0n) is 7.24. The highest BCUT2D eigenvalue weighted by molar-refractivity contribution is 9.10. The molecule has 0 aliphatic rings. The summed E-state index contributed by atoms with van der Waals surface area (Å²) in [6, 6.07) is 14.0. The molecule has 1 heterocycles. The highest BCUT2D eigenvalue weighted by atomic mass is 79.9. The fourth-order valence-electron chi connectivity index (χ4n) is 1.19. The van der Waals surface area contributed by atoms with E-state index >= 15 is 0 Å². The minimum absolute atomic E-state index is 0.859.